The van der Waals surface area contributed by atoms with E-state index in [0.717, 1.165) is 56.0 Å². The Kier molecular flexibility index (Phi) is 8.78. The van der Waals surface area contributed by atoms with Crippen LogP contribution in [0.15, 0.2) is 231 Å². The molecule has 66 heavy (non-hydrogen) atoms. The lowest BCUT2D eigenvalue weighted by Gasteiger charge is -2.25. The number of rotatable bonds is 7. The van der Waals surface area contributed by atoms with Crippen LogP contribution in [0.4, 0.5) is 0 Å². The fourth-order valence-electron chi connectivity index (χ4n) is 10.6. The molecule has 2 aliphatic carbocycles. The van der Waals surface area contributed by atoms with Crippen LogP contribution in [0.3, 0.4) is 0 Å². The molecule has 4 heteroatoms. The maximum atomic E-state index is 5.33. The molecule has 0 fully saturated rings. The molecule has 0 spiro atoms. The Morgan fingerprint density at radius 2 is 1.18 bits per heavy atom. The predicted molar refractivity (Wildman–Crippen MR) is 278 cm³/mol. The van der Waals surface area contributed by atoms with Crippen molar-refractivity contribution in [3.63, 3.8) is 0 Å². The molecule has 3 aromatic heterocycles. The summed E-state index contributed by atoms with van der Waals surface area (Å²) >= 11 is 0. The average molecular weight is 843 g/mol. The molecule has 0 N–H and O–H groups in total. The highest BCUT2D eigenvalue weighted by Crippen LogP contribution is 2.44. The van der Waals surface area contributed by atoms with Crippen LogP contribution in [0.1, 0.15) is 23.1 Å². The third-order valence-electron chi connectivity index (χ3n) is 13.6. The summed E-state index contributed by atoms with van der Waals surface area (Å²) in [5.41, 5.74) is 16.0. The molecular formula is C62H42N4. The largest absolute Gasteiger partial charge is 0.309 e. The molecule has 1 atom stereocenters. The molecular weight excluding hydrogens is 801 g/mol. The van der Waals surface area contributed by atoms with Crippen molar-refractivity contribution < 1.29 is 0 Å². The van der Waals surface area contributed by atoms with Gasteiger partial charge in [-0.3, -0.25) is 4.57 Å². The molecule has 8 aromatic carbocycles. The summed E-state index contributed by atoms with van der Waals surface area (Å²) in [5, 5.41) is 8.40. The van der Waals surface area contributed by atoms with E-state index in [1.54, 1.807) is 0 Å². The van der Waals surface area contributed by atoms with Gasteiger partial charge in [0.15, 0.2) is 0 Å². The molecule has 0 saturated carbocycles. The monoisotopic (exact) mass is 842 g/mol. The van der Waals surface area contributed by atoms with Crippen molar-refractivity contribution >= 4 is 82.5 Å². The third kappa shape index (κ3) is 5.99. The van der Waals surface area contributed by atoms with Crippen molar-refractivity contribution in [2.45, 2.75) is 6.42 Å². The molecule has 310 valence electrons. The van der Waals surface area contributed by atoms with Crippen molar-refractivity contribution in [3.8, 4) is 22.9 Å². The van der Waals surface area contributed by atoms with E-state index in [4.69, 9.17) is 9.97 Å². The third-order valence-corrected chi connectivity index (χ3v) is 13.6. The van der Waals surface area contributed by atoms with Gasteiger partial charge in [0.05, 0.1) is 33.3 Å². The number of hydrogen-bond donors (Lipinski definition) is 0. The molecule has 0 amide bonds. The number of benzene rings is 8. The predicted octanol–water partition coefficient (Wildman–Crippen LogP) is 15.8. The summed E-state index contributed by atoms with van der Waals surface area (Å²) in [4.78, 5) is 10.6. The van der Waals surface area contributed by atoms with E-state index in [1.165, 1.54) is 66.1 Å². The van der Waals surface area contributed by atoms with E-state index in [2.05, 4.69) is 216 Å². The Bertz CT molecular complexity index is 3970. The van der Waals surface area contributed by atoms with Crippen LogP contribution in [0.5, 0.6) is 0 Å². The Morgan fingerprint density at radius 3 is 1.97 bits per heavy atom. The van der Waals surface area contributed by atoms with Crippen LogP contribution in [-0.2, 0) is 0 Å². The molecule has 0 aliphatic heterocycles. The Labute approximate surface area is 382 Å². The molecule has 4 nitrogen and oxygen atoms in total. The van der Waals surface area contributed by atoms with E-state index >= 15 is 0 Å². The first-order chi connectivity index (χ1) is 32.7. The standard InChI is InChI=1S/C62H42N4/c1-2-3-18-43-37-59-54(48-24-13-17-30-58(48)66(59)62-63-56-28-15-12-27-51(56)60(64-62)40-19-6-4-7-20-40)38-52(43)44-33-31-42-36-45(34-32-41(42)35-44)53-39-55-49-25-14-16-29-57(49)65(46-21-8-5-9-22-46)61(55)50-26-11-10-23-47(50)53/h2-31,33-39,41H,1,32H2/b18-3-. The van der Waals surface area contributed by atoms with E-state index in [-0.39, 0.29) is 5.92 Å². The van der Waals surface area contributed by atoms with Gasteiger partial charge in [0.1, 0.15) is 0 Å². The highest BCUT2D eigenvalue weighted by atomic mass is 15.2. The number of para-hydroxylation sites is 4. The minimum atomic E-state index is 0.249. The topological polar surface area (TPSA) is 35.6 Å². The summed E-state index contributed by atoms with van der Waals surface area (Å²) in [6.07, 6.45) is 19.0. The minimum Gasteiger partial charge on any atom is -0.309 e. The lowest BCUT2D eigenvalue weighted by molar-refractivity contribution is 0.785. The minimum absolute atomic E-state index is 0.249. The van der Waals surface area contributed by atoms with Crippen LogP contribution in [0, 0.1) is 5.92 Å². The number of aromatic nitrogens is 4. The highest BCUT2D eigenvalue weighted by Gasteiger charge is 2.25. The van der Waals surface area contributed by atoms with Crippen LogP contribution >= 0.6 is 0 Å². The van der Waals surface area contributed by atoms with Gasteiger partial charge in [-0.1, -0.05) is 183 Å². The van der Waals surface area contributed by atoms with Crippen LogP contribution in [-0.4, -0.2) is 19.1 Å². The highest BCUT2D eigenvalue weighted by molar-refractivity contribution is 6.21. The van der Waals surface area contributed by atoms with Gasteiger partial charge in [-0.05, 0) is 93.7 Å². The van der Waals surface area contributed by atoms with E-state index in [0.29, 0.717) is 5.95 Å². The molecule has 11 aromatic rings. The smallest absolute Gasteiger partial charge is 0.235 e. The normalized spacial score (nSPS) is 15.0. The van der Waals surface area contributed by atoms with Gasteiger partial charge in [-0.15, -0.1) is 0 Å². The second-order valence-corrected chi connectivity index (χ2v) is 17.3. The number of hydrogen-bond acceptors (Lipinski definition) is 2. The fraction of sp³-hybridized carbons (Fsp3) is 0.0323. The van der Waals surface area contributed by atoms with Crippen LogP contribution in [0.2, 0.25) is 0 Å². The summed E-state index contributed by atoms with van der Waals surface area (Å²) in [5.74, 6) is 0.898. The SMILES string of the molecule is C=C/C=C\c1cc2c(cc1C1=CC3CC=C(c4cc5c6ccccc6n(-c6ccccc6)c5c5ccccc45)C=C3C=C1)c1ccccc1n2-c1nc(-c2ccccc2)c2ccccc2n1. The number of allylic oxidation sites excluding steroid dienone is 10. The zero-order valence-corrected chi connectivity index (χ0v) is 36.1. The van der Waals surface area contributed by atoms with Gasteiger partial charge in [0, 0.05) is 49.5 Å². The van der Waals surface area contributed by atoms with Gasteiger partial charge in [-0.25, -0.2) is 9.97 Å². The Morgan fingerprint density at radius 1 is 0.530 bits per heavy atom. The molecule has 0 radical (unpaired) electrons. The molecule has 1 unspecified atom stereocenters. The Hall–Kier alpha value is -8.60. The van der Waals surface area contributed by atoms with E-state index < -0.39 is 0 Å². The molecule has 3 heterocycles. The zero-order valence-electron chi connectivity index (χ0n) is 36.1. The van der Waals surface area contributed by atoms with Crippen molar-refractivity contribution in [3.05, 3.63) is 247 Å². The number of fused-ring (bicyclic) bond motifs is 10. The first-order valence-corrected chi connectivity index (χ1v) is 22.7. The molecule has 0 bridgehead atoms. The molecule has 2 aliphatic rings. The quantitative estimate of drug-likeness (QED) is 0.150. The lowest BCUT2D eigenvalue weighted by Crippen LogP contribution is -2.08. The zero-order chi connectivity index (χ0) is 43.7. The van der Waals surface area contributed by atoms with E-state index in [9.17, 15) is 0 Å². The number of nitrogens with zero attached hydrogens (tertiary/aromatic N) is 4. The first-order valence-electron chi connectivity index (χ1n) is 22.7. The van der Waals surface area contributed by atoms with Gasteiger partial charge < -0.3 is 4.57 Å². The lowest BCUT2D eigenvalue weighted by atomic mass is 9.79. The van der Waals surface area contributed by atoms with Crippen LogP contribution < -0.4 is 0 Å². The van der Waals surface area contributed by atoms with Crippen LogP contribution in [0.25, 0.3) is 105 Å². The first kappa shape index (κ1) is 37.9. The van der Waals surface area contributed by atoms with E-state index in [1.807, 2.05) is 24.3 Å². The van der Waals surface area contributed by atoms with Crippen molar-refractivity contribution in [1.29, 1.82) is 0 Å². The fourth-order valence-corrected chi connectivity index (χ4v) is 10.6. The second kappa shape index (κ2) is 15.3. The molecule has 13 rings (SSSR count). The average Bonchev–Trinajstić information content (AvgIpc) is 3.90. The van der Waals surface area contributed by atoms with Crippen molar-refractivity contribution in [2.75, 3.05) is 0 Å². The summed E-state index contributed by atoms with van der Waals surface area (Å²) in [6, 6.07) is 62.9. The van der Waals surface area contributed by atoms with Crippen molar-refractivity contribution in [1.82, 2.24) is 19.1 Å². The summed E-state index contributed by atoms with van der Waals surface area (Å²) in [6.45, 7) is 4.04. The maximum Gasteiger partial charge on any atom is 0.235 e. The van der Waals surface area contributed by atoms with Gasteiger partial charge in [0.25, 0.3) is 0 Å². The second-order valence-electron chi connectivity index (χ2n) is 17.3. The van der Waals surface area contributed by atoms with Gasteiger partial charge >= 0.3 is 0 Å². The molecule has 0 saturated heterocycles. The van der Waals surface area contributed by atoms with Gasteiger partial charge in [0.2, 0.25) is 5.95 Å². The maximum absolute atomic E-state index is 5.33. The summed E-state index contributed by atoms with van der Waals surface area (Å²) in [7, 11) is 0. The Balaban J connectivity index is 0.926. The van der Waals surface area contributed by atoms with Crippen molar-refractivity contribution in [2.24, 2.45) is 5.92 Å². The summed E-state index contributed by atoms with van der Waals surface area (Å²) < 4.78 is 4.67. The van der Waals surface area contributed by atoms with Gasteiger partial charge in [-0.2, -0.15) is 0 Å².